The quantitative estimate of drug-likeness (QED) is 0.675. The zero-order valence-electron chi connectivity index (χ0n) is 16.4. The predicted molar refractivity (Wildman–Crippen MR) is 110 cm³/mol. The Hall–Kier alpha value is -2.28. The third-order valence-corrected chi connectivity index (χ3v) is 5.36. The first kappa shape index (κ1) is 21.0. The van der Waals surface area contributed by atoms with Crippen LogP contribution in [-0.4, -0.2) is 28.1 Å². The van der Waals surface area contributed by atoms with Crippen LogP contribution in [0.2, 0.25) is 0 Å². The molecule has 7 heteroatoms. The normalized spacial score (nSPS) is 13.0. The van der Waals surface area contributed by atoms with Gasteiger partial charge in [-0.15, -0.1) is 10.2 Å². The molecular weight excluding hydrogens is 360 g/mol. The summed E-state index contributed by atoms with van der Waals surface area (Å²) in [7, 11) is 0. The lowest BCUT2D eigenvalue weighted by Gasteiger charge is -2.18. The maximum Gasteiger partial charge on any atom is 0.248 e. The highest BCUT2D eigenvalue weighted by Gasteiger charge is 2.22. The van der Waals surface area contributed by atoms with E-state index in [2.05, 4.69) is 27.8 Å². The summed E-state index contributed by atoms with van der Waals surface area (Å²) >= 11 is 1.31. The maximum atomic E-state index is 12.4. The van der Waals surface area contributed by atoms with Gasteiger partial charge in [0.1, 0.15) is 11.0 Å². The second-order valence-electron chi connectivity index (χ2n) is 6.75. The number of nitrogens with zero attached hydrogens (tertiary/aromatic N) is 2. The third-order valence-electron chi connectivity index (χ3n) is 4.48. The minimum Gasteiger partial charge on any atom is -0.344 e. The van der Waals surface area contributed by atoms with E-state index in [1.807, 2.05) is 38.1 Å². The minimum absolute atomic E-state index is 0.0464. The molecular formula is C20H28N4O2S. The molecule has 0 radical (unpaired) electrons. The van der Waals surface area contributed by atoms with Gasteiger partial charge in [-0.3, -0.25) is 14.9 Å². The Morgan fingerprint density at radius 3 is 2.44 bits per heavy atom. The summed E-state index contributed by atoms with van der Waals surface area (Å²) in [5, 5.41) is 14.9. The molecule has 0 saturated heterocycles. The van der Waals surface area contributed by atoms with Gasteiger partial charge in [-0.25, -0.2) is 0 Å². The molecule has 2 amide bonds. The number of benzene rings is 1. The van der Waals surface area contributed by atoms with Gasteiger partial charge in [0, 0.05) is 11.5 Å². The van der Waals surface area contributed by atoms with E-state index in [1.165, 1.54) is 16.9 Å². The number of amides is 2. The Balaban J connectivity index is 1.92. The van der Waals surface area contributed by atoms with Gasteiger partial charge in [-0.1, -0.05) is 67.9 Å². The summed E-state index contributed by atoms with van der Waals surface area (Å²) in [6, 6.07) is 7.35. The summed E-state index contributed by atoms with van der Waals surface area (Å²) < 4.78 is 0. The molecule has 0 aliphatic heterocycles. The molecule has 2 N–H and O–H groups in total. The Morgan fingerprint density at radius 2 is 1.81 bits per heavy atom. The molecule has 2 unspecified atom stereocenters. The first-order valence-corrected chi connectivity index (χ1v) is 10.3. The number of hydrogen-bond donors (Lipinski definition) is 2. The van der Waals surface area contributed by atoms with E-state index in [4.69, 9.17) is 0 Å². The zero-order chi connectivity index (χ0) is 19.8. The Morgan fingerprint density at radius 1 is 1.11 bits per heavy atom. The van der Waals surface area contributed by atoms with E-state index in [0.717, 1.165) is 36.3 Å². The first-order chi connectivity index (χ1) is 12.9. The van der Waals surface area contributed by atoms with E-state index >= 15 is 0 Å². The zero-order valence-corrected chi connectivity index (χ0v) is 17.2. The van der Waals surface area contributed by atoms with Crippen LogP contribution in [0.25, 0.3) is 10.6 Å². The van der Waals surface area contributed by atoms with Crippen molar-refractivity contribution < 1.29 is 9.59 Å². The lowest BCUT2D eigenvalue weighted by Crippen LogP contribution is -2.44. The smallest absolute Gasteiger partial charge is 0.248 e. The molecule has 146 valence electrons. The van der Waals surface area contributed by atoms with E-state index in [-0.39, 0.29) is 17.7 Å². The van der Waals surface area contributed by atoms with Crippen LogP contribution in [-0.2, 0) is 9.59 Å². The van der Waals surface area contributed by atoms with Crippen molar-refractivity contribution in [2.45, 2.75) is 59.4 Å². The van der Waals surface area contributed by atoms with Gasteiger partial charge in [0.2, 0.25) is 16.9 Å². The fraction of sp³-hybridized carbons (Fsp3) is 0.500. The Labute approximate surface area is 164 Å². The van der Waals surface area contributed by atoms with Crippen LogP contribution in [0.3, 0.4) is 0 Å². The number of hydrogen-bond acceptors (Lipinski definition) is 5. The molecule has 1 aromatic heterocycles. The fourth-order valence-corrected chi connectivity index (χ4v) is 3.42. The number of unbranched alkanes of at least 4 members (excludes halogenated alkanes) is 1. The minimum atomic E-state index is -0.625. The summed E-state index contributed by atoms with van der Waals surface area (Å²) in [4.78, 5) is 24.7. The van der Waals surface area contributed by atoms with Crippen LogP contribution in [0.5, 0.6) is 0 Å². The van der Waals surface area contributed by atoms with E-state index in [9.17, 15) is 9.59 Å². The second kappa shape index (κ2) is 10.2. The van der Waals surface area contributed by atoms with E-state index in [1.54, 1.807) is 6.92 Å². The van der Waals surface area contributed by atoms with Crippen LogP contribution >= 0.6 is 11.3 Å². The van der Waals surface area contributed by atoms with Crippen molar-refractivity contribution in [2.24, 2.45) is 5.92 Å². The maximum absolute atomic E-state index is 12.4. The lowest BCUT2D eigenvalue weighted by molar-refractivity contribution is -0.129. The van der Waals surface area contributed by atoms with Gasteiger partial charge in [0.15, 0.2) is 0 Å². The van der Waals surface area contributed by atoms with Gasteiger partial charge in [-0.05, 0) is 26.7 Å². The summed E-state index contributed by atoms with van der Waals surface area (Å²) in [6.45, 7) is 7.81. The number of carbonyl (C=O) groups excluding carboxylic acids is 2. The van der Waals surface area contributed by atoms with Gasteiger partial charge in [0.25, 0.3) is 0 Å². The predicted octanol–water partition coefficient (Wildman–Crippen LogP) is 4.17. The highest BCUT2D eigenvalue weighted by Crippen LogP contribution is 2.26. The second-order valence-corrected chi connectivity index (χ2v) is 7.72. The van der Waals surface area contributed by atoms with Crippen molar-refractivity contribution in [3.8, 4) is 10.6 Å². The van der Waals surface area contributed by atoms with Crippen LogP contribution in [0.15, 0.2) is 24.3 Å². The number of carbonyl (C=O) groups is 2. The standard InChI is InChI=1S/C20H28N4O2S/c1-5-7-8-15(6-2)18(26)21-14(4)17(25)22-20-24-23-19(27-20)16-11-9-13(3)10-12-16/h9-12,14-15H,5-8H2,1-4H3,(H,21,26)(H,22,24,25). The Kier molecular flexibility index (Phi) is 7.91. The highest BCUT2D eigenvalue weighted by molar-refractivity contribution is 7.18. The number of aryl methyl sites for hydroxylation is 1. The van der Waals surface area contributed by atoms with Gasteiger partial charge < -0.3 is 5.32 Å². The average Bonchev–Trinajstić information content (AvgIpc) is 3.11. The van der Waals surface area contributed by atoms with Crippen molar-refractivity contribution in [1.29, 1.82) is 0 Å². The Bertz CT molecular complexity index is 758. The number of aromatic nitrogens is 2. The molecule has 2 atom stereocenters. The van der Waals surface area contributed by atoms with Crippen LogP contribution in [0.4, 0.5) is 5.13 Å². The molecule has 1 aromatic carbocycles. The van der Waals surface area contributed by atoms with E-state index in [0.29, 0.717) is 5.13 Å². The van der Waals surface area contributed by atoms with Crippen molar-refractivity contribution in [1.82, 2.24) is 15.5 Å². The number of anilines is 1. The molecule has 0 aliphatic rings. The molecule has 6 nitrogen and oxygen atoms in total. The van der Waals surface area contributed by atoms with Crippen molar-refractivity contribution >= 4 is 28.3 Å². The highest BCUT2D eigenvalue weighted by atomic mass is 32.1. The summed E-state index contributed by atoms with van der Waals surface area (Å²) in [5.41, 5.74) is 2.13. The van der Waals surface area contributed by atoms with Crippen LogP contribution < -0.4 is 10.6 Å². The SMILES string of the molecule is CCCCC(CC)C(=O)NC(C)C(=O)Nc1nnc(-c2ccc(C)cc2)s1. The topological polar surface area (TPSA) is 84.0 Å². The third kappa shape index (κ3) is 6.13. The molecule has 2 rings (SSSR count). The molecule has 0 spiro atoms. The molecule has 27 heavy (non-hydrogen) atoms. The van der Waals surface area contributed by atoms with Gasteiger partial charge >= 0.3 is 0 Å². The van der Waals surface area contributed by atoms with Crippen LogP contribution in [0, 0.1) is 12.8 Å². The van der Waals surface area contributed by atoms with Crippen molar-refractivity contribution in [2.75, 3.05) is 5.32 Å². The monoisotopic (exact) mass is 388 g/mol. The van der Waals surface area contributed by atoms with Gasteiger partial charge in [0.05, 0.1) is 0 Å². The first-order valence-electron chi connectivity index (χ1n) is 9.46. The largest absolute Gasteiger partial charge is 0.344 e. The summed E-state index contributed by atoms with van der Waals surface area (Å²) in [5.74, 6) is -0.402. The van der Waals surface area contributed by atoms with Crippen molar-refractivity contribution in [3.05, 3.63) is 29.8 Å². The molecule has 0 bridgehead atoms. The fourth-order valence-electron chi connectivity index (χ4n) is 2.67. The summed E-state index contributed by atoms with van der Waals surface area (Å²) in [6.07, 6.45) is 3.69. The molecule has 0 fully saturated rings. The molecule has 0 aliphatic carbocycles. The lowest BCUT2D eigenvalue weighted by atomic mass is 9.98. The van der Waals surface area contributed by atoms with E-state index < -0.39 is 6.04 Å². The van der Waals surface area contributed by atoms with Crippen LogP contribution in [0.1, 0.15) is 52.0 Å². The molecule has 0 saturated carbocycles. The molecule has 1 heterocycles. The number of rotatable bonds is 9. The average molecular weight is 389 g/mol. The number of nitrogens with one attached hydrogen (secondary N) is 2. The van der Waals surface area contributed by atoms with Gasteiger partial charge in [-0.2, -0.15) is 0 Å². The molecule has 2 aromatic rings. The van der Waals surface area contributed by atoms with Crippen molar-refractivity contribution in [3.63, 3.8) is 0 Å².